The van der Waals surface area contributed by atoms with Crippen molar-refractivity contribution in [3.8, 4) is 0 Å². The van der Waals surface area contributed by atoms with Crippen LogP contribution in [0, 0.1) is 0 Å². The summed E-state index contributed by atoms with van der Waals surface area (Å²) in [5.41, 5.74) is 1.05. The lowest BCUT2D eigenvalue weighted by Gasteiger charge is -1.90. The van der Waals surface area contributed by atoms with E-state index in [2.05, 4.69) is 0 Å². The number of carboxylic acids is 1. The molecule has 1 rings (SSSR count). The van der Waals surface area contributed by atoms with Crippen LogP contribution in [0.3, 0.4) is 0 Å². The number of hydrogen-bond acceptors (Lipinski definition) is 2. The van der Waals surface area contributed by atoms with Crippen molar-refractivity contribution in [2.45, 2.75) is 12.8 Å². The molecule has 0 saturated carbocycles. The predicted molar refractivity (Wildman–Crippen MR) is 66.5 cm³/mol. The summed E-state index contributed by atoms with van der Waals surface area (Å²) in [6.07, 6.45) is 6.57. The van der Waals surface area contributed by atoms with E-state index in [0.29, 0.717) is 0 Å². The minimum absolute atomic E-state index is 0.0466. The highest BCUT2D eigenvalue weighted by atomic mass is 16.4. The number of hydrogen-bond donors (Lipinski definition) is 1. The summed E-state index contributed by atoms with van der Waals surface area (Å²) < 4.78 is 0. The first kappa shape index (κ1) is 12.9. The molecule has 0 aliphatic carbocycles. The Balaban J connectivity index is 2.37. The normalized spacial score (nSPS) is 11.1. The predicted octanol–water partition coefficient (Wildman–Crippen LogP) is 2.69. The van der Waals surface area contributed by atoms with Gasteiger partial charge in [0.2, 0.25) is 0 Å². The van der Waals surface area contributed by atoms with Gasteiger partial charge in [-0.2, -0.15) is 0 Å². The average Bonchev–Trinajstić information content (AvgIpc) is 2.33. The Morgan fingerprint density at radius 3 is 2.41 bits per heavy atom. The number of carbonyl (C=O) groups is 2. The van der Waals surface area contributed by atoms with Gasteiger partial charge in [-0.05, 0) is 11.6 Å². The van der Waals surface area contributed by atoms with Crippen LogP contribution in [0.1, 0.15) is 18.4 Å². The second-order valence-electron chi connectivity index (χ2n) is 3.49. The lowest BCUT2D eigenvalue weighted by molar-refractivity contribution is -0.138. The fraction of sp³-hybridized carbons (Fsp3) is 0.143. The third kappa shape index (κ3) is 6.10. The molecule has 0 saturated heterocycles. The second kappa shape index (κ2) is 7.17. The average molecular weight is 230 g/mol. The molecule has 3 nitrogen and oxygen atoms in total. The molecule has 0 fully saturated rings. The zero-order valence-electron chi connectivity index (χ0n) is 9.37. The minimum atomic E-state index is -0.952. The van der Waals surface area contributed by atoms with Crippen molar-refractivity contribution in [3.63, 3.8) is 0 Å². The van der Waals surface area contributed by atoms with E-state index < -0.39 is 5.97 Å². The molecule has 0 aliphatic rings. The molecule has 0 heterocycles. The van der Waals surface area contributed by atoms with Crippen LogP contribution < -0.4 is 0 Å². The fourth-order valence-electron chi connectivity index (χ4n) is 1.21. The number of ketones is 1. The molecule has 1 N–H and O–H groups in total. The molecule has 1 aromatic rings. The van der Waals surface area contributed by atoms with Crippen LogP contribution in [0.4, 0.5) is 0 Å². The van der Waals surface area contributed by atoms with E-state index >= 15 is 0 Å². The Morgan fingerprint density at radius 2 is 1.76 bits per heavy atom. The number of allylic oxidation sites excluding steroid dienone is 3. The molecule has 0 unspecified atom stereocenters. The number of carbonyl (C=O) groups excluding carboxylic acids is 1. The van der Waals surface area contributed by atoms with Crippen LogP contribution in [-0.4, -0.2) is 16.9 Å². The maximum atomic E-state index is 11.2. The van der Waals surface area contributed by atoms with E-state index in [1.807, 2.05) is 36.4 Å². The van der Waals surface area contributed by atoms with Gasteiger partial charge in [0.25, 0.3) is 0 Å². The molecule has 1 aromatic carbocycles. The zero-order valence-corrected chi connectivity index (χ0v) is 9.37. The summed E-state index contributed by atoms with van der Waals surface area (Å²) in [4.78, 5) is 21.4. The van der Waals surface area contributed by atoms with Crippen LogP contribution in [0.2, 0.25) is 0 Å². The summed E-state index contributed by atoms with van der Waals surface area (Å²) in [6, 6.07) is 9.71. The van der Waals surface area contributed by atoms with Crippen LogP contribution in [-0.2, 0) is 9.59 Å². The topological polar surface area (TPSA) is 54.4 Å². The van der Waals surface area contributed by atoms with Gasteiger partial charge in [-0.3, -0.25) is 9.59 Å². The number of carboxylic acid groups (broad SMARTS) is 1. The molecular formula is C14H14O3. The monoisotopic (exact) mass is 230 g/mol. The van der Waals surface area contributed by atoms with E-state index in [-0.39, 0.29) is 18.6 Å². The molecule has 0 amide bonds. The molecule has 0 aromatic heterocycles. The first-order chi connectivity index (χ1) is 8.18. The Labute approximate surface area is 100 Å². The Hall–Kier alpha value is -2.16. The summed E-state index contributed by atoms with van der Waals surface area (Å²) in [7, 11) is 0. The van der Waals surface area contributed by atoms with Crippen molar-refractivity contribution in [2.24, 2.45) is 0 Å². The van der Waals surface area contributed by atoms with Gasteiger partial charge >= 0.3 is 5.97 Å². The van der Waals surface area contributed by atoms with Crippen molar-refractivity contribution >= 4 is 17.8 Å². The maximum absolute atomic E-state index is 11.2. The van der Waals surface area contributed by atoms with E-state index in [1.54, 1.807) is 12.2 Å². The van der Waals surface area contributed by atoms with Crippen LogP contribution in [0.5, 0.6) is 0 Å². The van der Waals surface area contributed by atoms with E-state index in [1.165, 1.54) is 6.08 Å². The smallest absolute Gasteiger partial charge is 0.303 e. The van der Waals surface area contributed by atoms with Gasteiger partial charge in [0.15, 0.2) is 5.78 Å². The van der Waals surface area contributed by atoms with E-state index in [9.17, 15) is 9.59 Å². The largest absolute Gasteiger partial charge is 0.481 e. The Kier molecular flexibility index (Phi) is 5.44. The van der Waals surface area contributed by atoms with Crippen LogP contribution in [0.25, 0.3) is 6.08 Å². The fourth-order valence-corrected chi connectivity index (χ4v) is 1.21. The summed E-state index contributed by atoms with van der Waals surface area (Å²) in [5.74, 6) is -1.13. The van der Waals surface area contributed by atoms with Crippen LogP contribution in [0.15, 0.2) is 48.6 Å². The van der Waals surface area contributed by atoms with Gasteiger partial charge in [-0.25, -0.2) is 0 Å². The lowest BCUT2D eigenvalue weighted by atomic mass is 10.2. The van der Waals surface area contributed by atoms with Gasteiger partial charge < -0.3 is 5.11 Å². The van der Waals surface area contributed by atoms with Crippen molar-refractivity contribution < 1.29 is 14.7 Å². The lowest BCUT2D eigenvalue weighted by Crippen LogP contribution is -1.99. The quantitative estimate of drug-likeness (QED) is 0.603. The second-order valence-corrected chi connectivity index (χ2v) is 3.49. The van der Waals surface area contributed by atoms with Crippen molar-refractivity contribution in [1.82, 2.24) is 0 Å². The highest BCUT2D eigenvalue weighted by molar-refractivity contribution is 5.91. The molecule has 17 heavy (non-hydrogen) atoms. The van der Waals surface area contributed by atoms with Crippen molar-refractivity contribution in [2.75, 3.05) is 0 Å². The number of benzene rings is 1. The molecule has 0 bridgehead atoms. The maximum Gasteiger partial charge on any atom is 0.303 e. The molecule has 88 valence electrons. The van der Waals surface area contributed by atoms with E-state index in [4.69, 9.17) is 5.11 Å². The molecule has 0 radical (unpaired) electrons. The Bertz CT molecular complexity index is 430. The third-order valence-electron chi connectivity index (χ3n) is 2.07. The zero-order chi connectivity index (χ0) is 12.5. The van der Waals surface area contributed by atoms with Crippen LogP contribution >= 0.6 is 0 Å². The van der Waals surface area contributed by atoms with Gasteiger partial charge in [-0.15, -0.1) is 0 Å². The summed E-state index contributed by atoms with van der Waals surface area (Å²) >= 11 is 0. The highest BCUT2D eigenvalue weighted by Gasteiger charge is 2.00. The molecule has 0 spiro atoms. The molecule has 0 atom stereocenters. The van der Waals surface area contributed by atoms with E-state index in [0.717, 1.165) is 5.56 Å². The first-order valence-electron chi connectivity index (χ1n) is 5.33. The van der Waals surface area contributed by atoms with Gasteiger partial charge in [0.1, 0.15) is 0 Å². The SMILES string of the molecule is O=C(O)CCC(=O)C=CC=Cc1ccccc1. The minimum Gasteiger partial charge on any atom is -0.481 e. The van der Waals surface area contributed by atoms with Gasteiger partial charge in [0.05, 0.1) is 6.42 Å². The van der Waals surface area contributed by atoms with Gasteiger partial charge in [-0.1, -0.05) is 48.6 Å². The summed E-state index contributed by atoms with van der Waals surface area (Å²) in [6.45, 7) is 0. The summed E-state index contributed by atoms with van der Waals surface area (Å²) in [5, 5.41) is 8.39. The third-order valence-corrected chi connectivity index (χ3v) is 2.07. The molecule has 3 heteroatoms. The standard InChI is InChI=1S/C14H14O3/c15-13(10-11-14(16)17)9-5-4-8-12-6-2-1-3-7-12/h1-9H,10-11H2,(H,16,17). The van der Waals surface area contributed by atoms with Gasteiger partial charge in [0, 0.05) is 6.42 Å². The molecule has 0 aliphatic heterocycles. The van der Waals surface area contributed by atoms with Crippen molar-refractivity contribution in [1.29, 1.82) is 0 Å². The van der Waals surface area contributed by atoms with Crippen molar-refractivity contribution in [3.05, 3.63) is 54.1 Å². The first-order valence-corrected chi connectivity index (χ1v) is 5.33. The number of aliphatic carboxylic acids is 1. The highest BCUT2D eigenvalue weighted by Crippen LogP contribution is 2.01. The molecular weight excluding hydrogens is 216 g/mol. The number of rotatable bonds is 6. The Morgan fingerprint density at radius 1 is 1.06 bits per heavy atom.